The Bertz CT molecular complexity index is 615. The summed E-state index contributed by atoms with van der Waals surface area (Å²) in [6, 6.07) is 0. The molecule has 0 heterocycles. The second-order valence-corrected chi connectivity index (χ2v) is 9.73. The van der Waals surface area contributed by atoms with E-state index in [4.69, 9.17) is 4.74 Å². The van der Waals surface area contributed by atoms with Gasteiger partial charge < -0.3 is 14.9 Å². The first-order valence-electron chi connectivity index (χ1n) is 9.82. The van der Waals surface area contributed by atoms with Crippen molar-refractivity contribution in [1.29, 1.82) is 0 Å². The summed E-state index contributed by atoms with van der Waals surface area (Å²) >= 11 is 0. The standard InChI is InChI=1S/C21H32O4/c1-12-10-21-11-13(12)5-6-14(21)20(3)15(9-17(21)23)19(2,18(24)25-4)8-7-16(20)22/h13-17,22-23H,1,5-11H2,2-4H3/t13-,14+,15-,16+,17+,19-,20+,21+/m1/s1. The first-order chi connectivity index (χ1) is 11.7. The van der Waals surface area contributed by atoms with Crippen molar-refractivity contribution in [3.63, 3.8) is 0 Å². The number of rotatable bonds is 1. The summed E-state index contributed by atoms with van der Waals surface area (Å²) in [6.45, 7) is 8.45. The lowest BCUT2D eigenvalue weighted by Gasteiger charge is -2.66. The Morgan fingerprint density at radius 1 is 1.16 bits per heavy atom. The Hall–Kier alpha value is -0.870. The van der Waals surface area contributed by atoms with E-state index in [0.717, 1.165) is 25.7 Å². The smallest absolute Gasteiger partial charge is 0.311 e. The van der Waals surface area contributed by atoms with Gasteiger partial charge in [0.15, 0.2) is 0 Å². The van der Waals surface area contributed by atoms with Crippen LogP contribution in [0.4, 0.5) is 0 Å². The van der Waals surface area contributed by atoms with Gasteiger partial charge in [0, 0.05) is 10.8 Å². The number of fused-ring (bicyclic) bond motifs is 3. The monoisotopic (exact) mass is 348 g/mol. The molecule has 4 nitrogen and oxygen atoms in total. The van der Waals surface area contributed by atoms with Crippen molar-refractivity contribution in [2.75, 3.05) is 7.11 Å². The minimum atomic E-state index is -0.627. The molecule has 1 spiro atoms. The summed E-state index contributed by atoms with van der Waals surface area (Å²) in [5.41, 5.74) is 0.151. The maximum absolute atomic E-state index is 12.7. The minimum absolute atomic E-state index is 0.0489. The topological polar surface area (TPSA) is 66.8 Å². The number of allylic oxidation sites excluding steroid dienone is 1. The van der Waals surface area contributed by atoms with E-state index in [2.05, 4.69) is 13.5 Å². The summed E-state index contributed by atoms with van der Waals surface area (Å²) in [7, 11) is 1.45. The van der Waals surface area contributed by atoms with Gasteiger partial charge in [-0.1, -0.05) is 19.1 Å². The normalized spacial score (nSPS) is 54.6. The highest BCUT2D eigenvalue weighted by molar-refractivity contribution is 5.77. The number of esters is 1. The van der Waals surface area contributed by atoms with Crippen LogP contribution in [0.1, 0.15) is 58.8 Å². The lowest BCUT2D eigenvalue weighted by Crippen LogP contribution is -2.66. The largest absolute Gasteiger partial charge is 0.469 e. The van der Waals surface area contributed by atoms with Gasteiger partial charge in [0.2, 0.25) is 0 Å². The molecule has 0 aromatic heterocycles. The summed E-state index contributed by atoms with van der Waals surface area (Å²) < 4.78 is 5.15. The Morgan fingerprint density at radius 2 is 1.88 bits per heavy atom. The molecular weight excluding hydrogens is 316 g/mol. The number of hydrogen-bond acceptors (Lipinski definition) is 4. The molecule has 0 saturated heterocycles. The lowest BCUT2D eigenvalue weighted by atomic mass is 9.39. The van der Waals surface area contributed by atoms with E-state index in [1.807, 2.05) is 6.92 Å². The first kappa shape index (κ1) is 17.5. The van der Waals surface area contributed by atoms with Crippen molar-refractivity contribution < 1.29 is 19.7 Å². The van der Waals surface area contributed by atoms with E-state index in [9.17, 15) is 15.0 Å². The van der Waals surface area contributed by atoms with Crippen LogP contribution < -0.4 is 0 Å². The van der Waals surface area contributed by atoms with Crippen LogP contribution in [0, 0.1) is 34.0 Å². The molecule has 25 heavy (non-hydrogen) atoms. The molecule has 2 bridgehead atoms. The van der Waals surface area contributed by atoms with Gasteiger partial charge in [-0.3, -0.25) is 4.79 Å². The summed E-state index contributed by atoms with van der Waals surface area (Å²) in [6.07, 6.45) is 4.99. The van der Waals surface area contributed by atoms with Crippen LogP contribution in [-0.2, 0) is 9.53 Å². The molecule has 8 atom stereocenters. The van der Waals surface area contributed by atoms with Gasteiger partial charge >= 0.3 is 5.97 Å². The van der Waals surface area contributed by atoms with Gasteiger partial charge in [0.1, 0.15) is 0 Å². The molecule has 0 aromatic rings. The van der Waals surface area contributed by atoms with Gasteiger partial charge in [-0.2, -0.15) is 0 Å². The molecule has 0 aromatic carbocycles. The summed E-state index contributed by atoms with van der Waals surface area (Å²) in [5.74, 6) is 0.526. The van der Waals surface area contributed by atoms with Gasteiger partial charge in [-0.05, 0) is 69.6 Å². The molecule has 4 saturated carbocycles. The SMILES string of the molecule is C=C1C[C@]23C[C@H]1CC[C@H]2[C@]1(C)[C@@H](O)CC[C@@](C)(C(=O)OC)[C@H]1C[C@@H]3O. The molecular formula is C21H32O4. The molecule has 0 unspecified atom stereocenters. The zero-order valence-electron chi connectivity index (χ0n) is 15.8. The summed E-state index contributed by atoms with van der Waals surface area (Å²) in [5, 5.41) is 22.4. The second-order valence-electron chi connectivity index (χ2n) is 9.73. The van der Waals surface area contributed by atoms with Crippen molar-refractivity contribution in [3.8, 4) is 0 Å². The van der Waals surface area contributed by atoms with E-state index in [1.54, 1.807) is 0 Å². The van der Waals surface area contributed by atoms with Gasteiger partial charge in [-0.25, -0.2) is 0 Å². The van der Waals surface area contributed by atoms with E-state index in [0.29, 0.717) is 25.2 Å². The molecule has 4 rings (SSSR count). The molecule has 140 valence electrons. The van der Waals surface area contributed by atoms with Crippen molar-refractivity contribution in [1.82, 2.24) is 0 Å². The van der Waals surface area contributed by atoms with E-state index in [-0.39, 0.29) is 28.6 Å². The third-order valence-electron chi connectivity index (χ3n) is 8.96. The fraction of sp³-hybridized carbons (Fsp3) is 0.857. The number of carbonyl (C=O) groups excluding carboxylic acids is 1. The van der Waals surface area contributed by atoms with Crippen molar-refractivity contribution in [2.45, 2.75) is 71.0 Å². The van der Waals surface area contributed by atoms with Crippen molar-refractivity contribution in [3.05, 3.63) is 12.2 Å². The molecule has 4 aliphatic rings. The first-order valence-corrected chi connectivity index (χ1v) is 9.82. The zero-order chi connectivity index (χ0) is 18.2. The number of aliphatic hydroxyl groups is 2. The van der Waals surface area contributed by atoms with Crippen molar-refractivity contribution in [2.24, 2.45) is 34.0 Å². The number of aliphatic hydroxyl groups excluding tert-OH is 2. The molecule has 4 aliphatic carbocycles. The Morgan fingerprint density at radius 3 is 2.56 bits per heavy atom. The van der Waals surface area contributed by atoms with Gasteiger partial charge in [0.05, 0.1) is 24.7 Å². The second kappa shape index (κ2) is 5.32. The number of methoxy groups -OCH3 is 1. The molecule has 4 fully saturated rings. The van der Waals surface area contributed by atoms with E-state index >= 15 is 0 Å². The van der Waals surface area contributed by atoms with Crippen LogP contribution in [0.2, 0.25) is 0 Å². The highest BCUT2D eigenvalue weighted by Gasteiger charge is 2.70. The van der Waals surface area contributed by atoms with Gasteiger partial charge in [0.25, 0.3) is 0 Å². The molecule has 4 heteroatoms. The van der Waals surface area contributed by atoms with Crippen LogP contribution in [0.25, 0.3) is 0 Å². The van der Waals surface area contributed by atoms with Crippen LogP contribution in [-0.4, -0.2) is 35.5 Å². The Balaban J connectivity index is 1.82. The van der Waals surface area contributed by atoms with Crippen molar-refractivity contribution >= 4 is 5.97 Å². The van der Waals surface area contributed by atoms with Crippen LogP contribution >= 0.6 is 0 Å². The van der Waals surface area contributed by atoms with Crippen LogP contribution in [0.5, 0.6) is 0 Å². The fourth-order valence-electron chi connectivity index (χ4n) is 7.65. The maximum atomic E-state index is 12.7. The van der Waals surface area contributed by atoms with Crippen LogP contribution in [0.15, 0.2) is 12.2 Å². The van der Waals surface area contributed by atoms with E-state index in [1.165, 1.54) is 12.7 Å². The van der Waals surface area contributed by atoms with Crippen LogP contribution in [0.3, 0.4) is 0 Å². The predicted molar refractivity (Wildman–Crippen MR) is 94.6 cm³/mol. The molecule has 0 radical (unpaired) electrons. The number of ether oxygens (including phenoxy) is 1. The highest BCUT2D eigenvalue weighted by Crippen LogP contribution is 2.72. The Labute approximate surface area is 150 Å². The molecule has 0 amide bonds. The average molecular weight is 348 g/mol. The maximum Gasteiger partial charge on any atom is 0.311 e. The van der Waals surface area contributed by atoms with Gasteiger partial charge in [-0.15, -0.1) is 0 Å². The minimum Gasteiger partial charge on any atom is -0.469 e. The quantitative estimate of drug-likeness (QED) is 0.564. The highest BCUT2D eigenvalue weighted by atomic mass is 16.5. The number of carbonyl (C=O) groups is 1. The third kappa shape index (κ3) is 1.98. The number of hydrogen-bond donors (Lipinski definition) is 2. The summed E-state index contributed by atoms with van der Waals surface area (Å²) in [4.78, 5) is 12.7. The average Bonchev–Trinajstić information content (AvgIpc) is 2.84. The lowest BCUT2D eigenvalue weighted by molar-refractivity contribution is -0.239. The zero-order valence-corrected chi connectivity index (χ0v) is 15.8. The molecule has 2 N–H and O–H groups in total. The van der Waals surface area contributed by atoms with E-state index < -0.39 is 17.6 Å². The Kier molecular flexibility index (Phi) is 3.73. The predicted octanol–water partition coefficient (Wildman–Crippen LogP) is 3.07. The fourth-order valence-corrected chi connectivity index (χ4v) is 7.65. The molecule has 0 aliphatic heterocycles. The third-order valence-corrected chi connectivity index (χ3v) is 8.96.